The molecule has 35 heavy (non-hydrogen) atoms. The zero-order valence-corrected chi connectivity index (χ0v) is 22.6. The van der Waals surface area contributed by atoms with Crippen molar-refractivity contribution in [3.05, 3.63) is 52.3 Å². The summed E-state index contributed by atoms with van der Waals surface area (Å²) in [5.74, 6) is -0.800. The third-order valence-corrected chi connectivity index (χ3v) is 6.56. The average molecular weight is 526 g/mol. The summed E-state index contributed by atoms with van der Waals surface area (Å²) in [4.78, 5) is 29.3. The Bertz CT molecular complexity index is 1000. The van der Waals surface area contributed by atoms with Crippen LogP contribution in [0.5, 0.6) is 0 Å². The van der Waals surface area contributed by atoms with E-state index in [1.165, 1.54) is 0 Å². The number of rotatable bonds is 8. The first-order valence-corrected chi connectivity index (χ1v) is 11.9. The number of aliphatic carboxylic acids is 1. The Balaban J connectivity index is 0.00000306. The summed E-state index contributed by atoms with van der Waals surface area (Å²) in [7, 11) is 0. The second kappa shape index (κ2) is 13.8. The van der Waals surface area contributed by atoms with Crippen LogP contribution in [0.2, 0.25) is 0 Å². The first kappa shape index (κ1) is 30.9. The highest BCUT2D eigenvalue weighted by Gasteiger charge is 2.28. The van der Waals surface area contributed by atoms with Crippen LogP contribution >= 0.6 is 24.8 Å². The molecule has 0 amide bonds. The van der Waals surface area contributed by atoms with E-state index in [1.807, 2.05) is 38.1 Å². The van der Waals surface area contributed by atoms with Gasteiger partial charge in [0.25, 0.3) is 0 Å². The van der Waals surface area contributed by atoms with Crippen molar-refractivity contribution in [3.63, 3.8) is 0 Å². The smallest absolute Gasteiger partial charge is 0.340 e. The maximum atomic E-state index is 13.3. The molecule has 2 aromatic rings. The molecule has 0 spiro atoms. The van der Waals surface area contributed by atoms with Crippen LogP contribution in [0.15, 0.2) is 24.3 Å². The van der Waals surface area contributed by atoms with Crippen molar-refractivity contribution < 1.29 is 19.4 Å². The number of nitrogens with zero attached hydrogens (tertiary/aromatic N) is 1. The molecule has 3 rings (SSSR count). The predicted octanol–water partition coefficient (Wildman–Crippen LogP) is 5.91. The van der Waals surface area contributed by atoms with Gasteiger partial charge in [0, 0.05) is 17.8 Å². The highest BCUT2D eigenvalue weighted by molar-refractivity contribution is 5.99. The monoisotopic (exact) mass is 524 g/mol. The number of benzene rings is 1. The minimum absolute atomic E-state index is 0. The molecule has 1 aliphatic rings. The topological polar surface area (TPSA) is 103 Å². The Morgan fingerprint density at radius 1 is 1.09 bits per heavy atom. The van der Waals surface area contributed by atoms with E-state index in [9.17, 15) is 14.7 Å². The van der Waals surface area contributed by atoms with Crippen molar-refractivity contribution in [2.75, 3.05) is 6.61 Å². The van der Waals surface area contributed by atoms with Crippen molar-refractivity contribution in [2.45, 2.75) is 66.3 Å². The number of carbonyl (C=O) groups is 2. The lowest BCUT2D eigenvalue weighted by Gasteiger charge is -2.26. The van der Waals surface area contributed by atoms with Crippen LogP contribution in [0.1, 0.15) is 72.4 Å². The Morgan fingerprint density at radius 2 is 1.69 bits per heavy atom. The molecule has 0 atom stereocenters. The van der Waals surface area contributed by atoms with Gasteiger partial charge in [-0.2, -0.15) is 0 Å². The lowest BCUT2D eigenvalue weighted by molar-refractivity contribution is -0.143. The van der Waals surface area contributed by atoms with Gasteiger partial charge in [-0.1, -0.05) is 43.7 Å². The zero-order chi connectivity index (χ0) is 24.1. The number of esters is 1. The number of aromatic nitrogens is 1. The molecule has 1 fully saturated rings. The number of nitrogens with two attached hydrogens (primary N) is 1. The number of carboxylic acid groups (broad SMARTS) is 1. The Labute approximate surface area is 220 Å². The summed E-state index contributed by atoms with van der Waals surface area (Å²) in [6.45, 7) is 8.76. The van der Waals surface area contributed by atoms with Gasteiger partial charge < -0.3 is 15.6 Å². The SMILES string of the molecule is Cc1ccc(-c2c(CN)c(CC(C)C)nc(C)c2C(=O)OCC2CCC(C(=O)O)CC2)cc1.Cl.Cl. The van der Waals surface area contributed by atoms with Crippen LogP contribution in [0.4, 0.5) is 0 Å². The largest absolute Gasteiger partial charge is 0.481 e. The number of carboxylic acids is 1. The van der Waals surface area contributed by atoms with Gasteiger partial charge >= 0.3 is 11.9 Å². The number of aryl methyl sites for hydroxylation is 2. The van der Waals surface area contributed by atoms with Gasteiger partial charge in [0.15, 0.2) is 0 Å². The first-order chi connectivity index (χ1) is 15.7. The summed E-state index contributed by atoms with van der Waals surface area (Å²) in [6, 6.07) is 8.10. The molecular weight excluding hydrogens is 487 g/mol. The Kier molecular flexibility index (Phi) is 12.2. The van der Waals surface area contributed by atoms with Crippen molar-refractivity contribution in [1.82, 2.24) is 4.98 Å². The fourth-order valence-electron chi connectivity index (χ4n) is 4.71. The molecule has 8 heteroatoms. The van der Waals surface area contributed by atoms with E-state index in [0.29, 0.717) is 36.6 Å². The van der Waals surface area contributed by atoms with Gasteiger partial charge in [-0.25, -0.2) is 4.79 Å². The number of hydrogen-bond acceptors (Lipinski definition) is 5. The molecule has 1 aromatic carbocycles. The quantitative estimate of drug-likeness (QED) is 0.415. The lowest BCUT2D eigenvalue weighted by atomic mass is 9.82. The molecule has 0 radical (unpaired) electrons. The van der Waals surface area contributed by atoms with Gasteiger partial charge in [-0.15, -0.1) is 24.8 Å². The Hall–Kier alpha value is -2.15. The van der Waals surface area contributed by atoms with Gasteiger partial charge in [-0.05, 0) is 68.9 Å². The summed E-state index contributed by atoms with van der Waals surface area (Å²) in [5, 5.41) is 9.20. The molecule has 1 aliphatic carbocycles. The van der Waals surface area contributed by atoms with E-state index < -0.39 is 5.97 Å². The van der Waals surface area contributed by atoms with Crippen LogP contribution in [-0.2, 0) is 22.5 Å². The van der Waals surface area contributed by atoms with Crippen molar-refractivity contribution >= 4 is 36.8 Å². The van der Waals surface area contributed by atoms with Crippen LogP contribution in [0, 0.1) is 31.6 Å². The molecule has 0 bridgehead atoms. The maximum absolute atomic E-state index is 13.3. The molecule has 1 aromatic heterocycles. The first-order valence-electron chi connectivity index (χ1n) is 11.9. The van der Waals surface area contributed by atoms with E-state index in [-0.39, 0.29) is 49.2 Å². The second-order valence-corrected chi connectivity index (χ2v) is 9.69. The standard InChI is InChI=1S/C27H36N2O4.2ClH/c1-16(2)13-23-22(14-28)25(20-9-5-17(3)6-10-20)24(18(4)29-23)27(32)33-15-19-7-11-21(12-8-19)26(30)31;;/h5-6,9-10,16,19,21H,7-8,11-15,28H2,1-4H3,(H,30,31);2*1H. The van der Waals surface area contributed by atoms with Crippen LogP contribution < -0.4 is 5.73 Å². The van der Waals surface area contributed by atoms with Crippen LogP contribution in [0.25, 0.3) is 11.1 Å². The van der Waals surface area contributed by atoms with E-state index in [0.717, 1.165) is 47.2 Å². The third kappa shape index (κ3) is 7.66. The summed E-state index contributed by atoms with van der Waals surface area (Å²) >= 11 is 0. The van der Waals surface area contributed by atoms with Crippen molar-refractivity contribution in [3.8, 4) is 11.1 Å². The molecule has 1 saturated carbocycles. The number of halogens is 2. The van der Waals surface area contributed by atoms with E-state index in [1.54, 1.807) is 0 Å². The number of pyridine rings is 1. The van der Waals surface area contributed by atoms with Gasteiger partial charge in [0.1, 0.15) is 0 Å². The lowest BCUT2D eigenvalue weighted by Crippen LogP contribution is -2.25. The van der Waals surface area contributed by atoms with E-state index >= 15 is 0 Å². The number of carbonyl (C=O) groups excluding carboxylic acids is 1. The number of hydrogen-bond donors (Lipinski definition) is 2. The minimum Gasteiger partial charge on any atom is -0.481 e. The predicted molar refractivity (Wildman–Crippen MR) is 143 cm³/mol. The second-order valence-electron chi connectivity index (χ2n) is 9.69. The summed E-state index contributed by atoms with van der Waals surface area (Å²) in [6.07, 6.45) is 3.57. The van der Waals surface area contributed by atoms with Gasteiger partial charge in [-0.3, -0.25) is 9.78 Å². The van der Waals surface area contributed by atoms with Crippen LogP contribution in [0.3, 0.4) is 0 Å². The highest BCUT2D eigenvalue weighted by Crippen LogP contribution is 2.34. The normalized spacial score (nSPS) is 17.3. The summed E-state index contributed by atoms with van der Waals surface area (Å²) < 4.78 is 5.78. The Morgan fingerprint density at radius 3 is 2.20 bits per heavy atom. The van der Waals surface area contributed by atoms with Crippen LogP contribution in [-0.4, -0.2) is 28.6 Å². The van der Waals surface area contributed by atoms with E-state index in [4.69, 9.17) is 15.5 Å². The number of ether oxygens (including phenoxy) is 1. The van der Waals surface area contributed by atoms with E-state index in [2.05, 4.69) is 13.8 Å². The minimum atomic E-state index is -0.731. The summed E-state index contributed by atoms with van der Waals surface area (Å²) in [5.41, 5.74) is 12.1. The average Bonchev–Trinajstić information content (AvgIpc) is 2.77. The molecule has 0 saturated heterocycles. The molecular formula is C27H38Cl2N2O4. The molecule has 6 nitrogen and oxygen atoms in total. The molecule has 0 aliphatic heterocycles. The highest BCUT2D eigenvalue weighted by atomic mass is 35.5. The molecule has 194 valence electrons. The fraction of sp³-hybridized carbons (Fsp3) is 0.519. The molecule has 1 heterocycles. The third-order valence-electron chi connectivity index (χ3n) is 6.56. The zero-order valence-electron chi connectivity index (χ0n) is 21.0. The fourth-order valence-corrected chi connectivity index (χ4v) is 4.71. The van der Waals surface area contributed by atoms with Gasteiger partial charge in [0.2, 0.25) is 0 Å². The molecule has 0 unspecified atom stereocenters. The molecule has 3 N–H and O–H groups in total. The maximum Gasteiger partial charge on any atom is 0.340 e. The van der Waals surface area contributed by atoms with Gasteiger partial charge in [0.05, 0.1) is 23.8 Å². The van der Waals surface area contributed by atoms with Crippen molar-refractivity contribution in [2.24, 2.45) is 23.5 Å². The van der Waals surface area contributed by atoms with Crippen molar-refractivity contribution in [1.29, 1.82) is 0 Å².